The molecule has 0 saturated heterocycles. The number of amides is 1. The van der Waals surface area contributed by atoms with Crippen LogP contribution < -0.4 is 5.32 Å². The first-order valence-corrected chi connectivity index (χ1v) is 9.76. The average molecular weight is 336 g/mol. The zero-order valence-corrected chi connectivity index (χ0v) is 15.6. The molecule has 0 aromatic carbocycles. The van der Waals surface area contributed by atoms with Crippen molar-refractivity contribution < 1.29 is 17.9 Å². The van der Waals surface area contributed by atoms with Crippen molar-refractivity contribution in [3.63, 3.8) is 0 Å². The van der Waals surface area contributed by atoms with E-state index >= 15 is 0 Å². The summed E-state index contributed by atoms with van der Waals surface area (Å²) in [6.07, 6.45) is 2.23. The van der Waals surface area contributed by atoms with Crippen LogP contribution in [0.1, 0.15) is 47.5 Å². The Kier molecular flexibility index (Phi) is 9.87. The van der Waals surface area contributed by atoms with E-state index in [0.29, 0.717) is 32.0 Å². The second kappa shape index (κ2) is 10.2. The third kappa shape index (κ3) is 9.38. The highest BCUT2D eigenvalue weighted by Crippen LogP contribution is 2.05. The zero-order valence-electron chi connectivity index (χ0n) is 14.8. The van der Waals surface area contributed by atoms with E-state index in [1.807, 2.05) is 13.8 Å². The van der Waals surface area contributed by atoms with Gasteiger partial charge < -0.3 is 10.1 Å². The van der Waals surface area contributed by atoms with Gasteiger partial charge in [0.25, 0.3) is 0 Å². The van der Waals surface area contributed by atoms with Crippen LogP contribution in [0.4, 0.5) is 0 Å². The number of nitrogens with one attached hydrogen (secondary N) is 1. The summed E-state index contributed by atoms with van der Waals surface area (Å²) in [7, 11) is -3.21. The van der Waals surface area contributed by atoms with Gasteiger partial charge in [-0.05, 0) is 39.5 Å². The van der Waals surface area contributed by atoms with Gasteiger partial charge in [-0.3, -0.25) is 4.79 Å². The van der Waals surface area contributed by atoms with Crippen molar-refractivity contribution in [2.24, 2.45) is 5.92 Å². The molecule has 0 aromatic heterocycles. The van der Waals surface area contributed by atoms with Gasteiger partial charge in [0.05, 0.1) is 6.26 Å². The molecule has 7 heteroatoms. The summed E-state index contributed by atoms with van der Waals surface area (Å²) in [5.41, 5.74) is 0. The van der Waals surface area contributed by atoms with Crippen LogP contribution in [0, 0.1) is 5.92 Å². The predicted octanol–water partition coefficient (Wildman–Crippen LogP) is 1.61. The van der Waals surface area contributed by atoms with E-state index in [0.717, 1.165) is 6.42 Å². The Balaban J connectivity index is 4.01. The molecule has 0 bridgehead atoms. The van der Waals surface area contributed by atoms with E-state index in [1.54, 1.807) is 6.92 Å². The normalized spacial score (nSPS) is 13.9. The molecular weight excluding hydrogens is 304 g/mol. The maximum atomic E-state index is 11.8. The molecule has 0 aliphatic carbocycles. The molecule has 0 aliphatic heterocycles. The summed E-state index contributed by atoms with van der Waals surface area (Å²) in [5.74, 6) is 0.396. The lowest BCUT2D eigenvalue weighted by molar-refractivity contribution is -0.131. The topological polar surface area (TPSA) is 75.7 Å². The minimum absolute atomic E-state index is 0.0796. The van der Waals surface area contributed by atoms with Gasteiger partial charge in [-0.1, -0.05) is 13.8 Å². The number of nitrogens with zero attached hydrogens (tertiary/aromatic N) is 1. The number of carbonyl (C=O) groups is 1. The van der Waals surface area contributed by atoms with Gasteiger partial charge in [0.2, 0.25) is 15.9 Å². The molecule has 0 radical (unpaired) electrons. The first kappa shape index (κ1) is 21.3. The molecule has 0 fully saturated rings. The van der Waals surface area contributed by atoms with Crippen molar-refractivity contribution in [1.82, 2.24) is 9.62 Å². The van der Waals surface area contributed by atoms with Crippen molar-refractivity contribution in [3.05, 3.63) is 0 Å². The Labute approximate surface area is 135 Å². The SMILES string of the molecule is CC(C)CCO[C@H](C)C(=O)NCCCN(C(C)C)S(C)(=O)=O. The van der Waals surface area contributed by atoms with Gasteiger partial charge in [-0.15, -0.1) is 0 Å². The van der Waals surface area contributed by atoms with Gasteiger partial charge in [-0.25, -0.2) is 8.42 Å². The van der Waals surface area contributed by atoms with Gasteiger partial charge in [0, 0.05) is 25.7 Å². The highest BCUT2D eigenvalue weighted by atomic mass is 32.2. The van der Waals surface area contributed by atoms with Crippen LogP contribution in [0.25, 0.3) is 0 Å². The standard InChI is InChI=1S/C15H32N2O4S/c1-12(2)8-11-21-14(5)15(18)16-9-7-10-17(13(3)4)22(6,19)20/h12-14H,7-11H2,1-6H3,(H,16,18)/t14-/m1/s1. The van der Waals surface area contributed by atoms with E-state index in [-0.39, 0.29) is 11.9 Å². The minimum atomic E-state index is -3.21. The highest BCUT2D eigenvalue weighted by molar-refractivity contribution is 7.88. The molecule has 0 spiro atoms. The highest BCUT2D eigenvalue weighted by Gasteiger charge is 2.19. The van der Waals surface area contributed by atoms with Gasteiger partial charge in [0.1, 0.15) is 6.10 Å². The molecule has 0 rings (SSSR count). The number of hydrogen-bond acceptors (Lipinski definition) is 4. The molecular formula is C15H32N2O4S. The quantitative estimate of drug-likeness (QED) is 0.582. The molecule has 0 aromatic rings. The molecule has 0 saturated carbocycles. The lowest BCUT2D eigenvalue weighted by Crippen LogP contribution is -2.40. The lowest BCUT2D eigenvalue weighted by atomic mass is 10.1. The summed E-state index contributed by atoms with van der Waals surface area (Å²) in [5, 5.41) is 2.78. The van der Waals surface area contributed by atoms with E-state index < -0.39 is 16.1 Å². The van der Waals surface area contributed by atoms with E-state index in [4.69, 9.17) is 4.74 Å². The number of rotatable bonds is 11. The summed E-state index contributed by atoms with van der Waals surface area (Å²) in [4.78, 5) is 11.8. The van der Waals surface area contributed by atoms with Gasteiger partial charge in [0.15, 0.2) is 0 Å². The third-order valence-electron chi connectivity index (χ3n) is 3.29. The fourth-order valence-corrected chi connectivity index (χ4v) is 3.18. The maximum absolute atomic E-state index is 11.8. The van der Waals surface area contributed by atoms with Crippen LogP contribution in [0.3, 0.4) is 0 Å². The molecule has 6 nitrogen and oxygen atoms in total. The Morgan fingerprint density at radius 1 is 1.18 bits per heavy atom. The fourth-order valence-electron chi connectivity index (χ4n) is 1.95. The first-order chi connectivity index (χ1) is 10.1. The second-order valence-electron chi connectivity index (χ2n) is 6.31. The molecule has 1 amide bonds. The Hall–Kier alpha value is -0.660. The van der Waals surface area contributed by atoms with Crippen LogP contribution in [-0.4, -0.2) is 56.7 Å². The molecule has 0 aliphatic rings. The maximum Gasteiger partial charge on any atom is 0.248 e. The largest absolute Gasteiger partial charge is 0.369 e. The molecule has 22 heavy (non-hydrogen) atoms. The molecule has 1 N–H and O–H groups in total. The summed E-state index contributed by atoms with van der Waals surface area (Å²) in [6, 6.07) is -0.0796. The first-order valence-electron chi connectivity index (χ1n) is 7.91. The van der Waals surface area contributed by atoms with E-state index in [1.165, 1.54) is 10.6 Å². The van der Waals surface area contributed by atoms with Crippen LogP contribution in [0.5, 0.6) is 0 Å². The molecule has 1 atom stereocenters. The number of hydrogen-bond donors (Lipinski definition) is 1. The van der Waals surface area contributed by atoms with Crippen molar-refractivity contribution >= 4 is 15.9 Å². The Morgan fingerprint density at radius 3 is 2.23 bits per heavy atom. The van der Waals surface area contributed by atoms with Gasteiger partial charge >= 0.3 is 0 Å². The summed E-state index contributed by atoms with van der Waals surface area (Å²) < 4.78 is 30.1. The number of sulfonamides is 1. The molecule has 0 heterocycles. The zero-order chi connectivity index (χ0) is 17.3. The molecule has 132 valence electrons. The fraction of sp³-hybridized carbons (Fsp3) is 0.933. The second-order valence-corrected chi connectivity index (χ2v) is 8.24. The molecule has 0 unspecified atom stereocenters. The van der Waals surface area contributed by atoms with E-state index in [9.17, 15) is 13.2 Å². The smallest absolute Gasteiger partial charge is 0.248 e. The Bertz CT molecular complexity index is 421. The van der Waals surface area contributed by atoms with Crippen molar-refractivity contribution in [3.8, 4) is 0 Å². The van der Waals surface area contributed by atoms with Crippen LogP contribution in [-0.2, 0) is 19.6 Å². The number of carbonyl (C=O) groups excluding carboxylic acids is 1. The minimum Gasteiger partial charge on any atom is -0.369 e. The van der Waals surface area contributed by atoms with Gasteiger partial charge in [-0.2, -0.15) is 4.31 Å². The van der Waals surface area contributed by atoms with Crippen LogP contribution >= 0.6 is 0 Å². The van der Waals surface area contributed by atoms with Crippen LogP contribution in [0.2, 0.25) is 0 Å². The van der Waals surface area contributed by atoms with E-state index in [2.05, 4.69) is 19.2 Å². The number of ether oxygens (including phenoxy) is 1. The van der Waals surface area contributed by atoms with Crippen molar-refractivity contribution in [1.29, 1.82) is 0 Å². The third-order valence-corrected chi connectivity index (χ3v) is 4.74. The van der Waals surface area contributed by atoms with Crippen molar-refractivity contribution in [2.45, 2.75) is 59.6 Å². The predicted molar refractivity (Wildman–Crippen MR) is 89.2 cm³/mol. The van der Waals surface area contributed by atoms with Crippen molar-refractivity contribution in [2.75, 3.05) is 26.0 Å². The average Bonchev–Trinajstić information content (AvgIpc) is 2.35. The summed E-state index contributed by atoms with van der Waals surface area (Å²) >= 11 is 0. The lowest BCUT2D eigenvalue weighted by Gasteiger charge is -2.24. The van der Waals surface area contributed by atoms with Crippen LogP contribution in [0.15, 0.2) is 0 Å². The summed E-state index contributed by atoms with van der Waals surface area (Å²) in [6.45, 7) is 11.0. The Morgan fingerprint density at radius 2 is 1.77 bits per heavy atom. The monoisotopic (exact) mass is 336 g/mol.